The fraction of sp³-hybridized carbons (Fsp3) is 0.375. The number of piperazine rings is 1. The van der Waals surface area contributed by atoms with Gasteiger partial charge in [-0.15, -0.1) is 0 Å². The number of fused-ring (bicyclic) bond motifs is 1. The van der Waals surface area contributed by atoms with Gasteiger partial charge in [0.1, 0.15) is 12.6 Å². The van der Waals surface area contributed by atoms with E-state index < -0.39 is 24.1 Å². The Morgan fingerprint density at radius 1 is 1.03 bits per heavy atom. The third-order valence-corrected chi connectivity index (χ3v) is 6.08. The van der Waals surface area contributed by atoms with Crippen LogP contribution in [-0.2, 0) is 22.6 Å². The van der Waals surface area contributed by atoms with Gasteiger partial charge < -0.3 is 20.1 Å². The van der Waals surface area contributed by atoms with Crippen LogP contribution in [0.25, 0.3) is 0 Å². The fourth-order valence-corrected chi connectivity index (χ4v) is 4.38. The van der Waals surface area contributed by atoms with Crippen molar-refractivity contribution in [3.05, 3.63) is 71.3 Å². The van der Waals surface area contributed by atoms with Crippen LogP contribution in [0.2, 0.25) is 0 Å². The van der Waals surface area contributed by atoms with Crippen LogP contribution < -0.4 is 5.32 Å². The minimum Gasteiger partial charge on any atom is -0.465 e. The van der Waals surface area contributed by atoms with E-state index in [1.54, 1.807) is 0 Å². The summed E-state index contributed by atoms with van der Waals surface area (Å²) in [4.78, 5) is 40.0. The van der Waals surface area contributed by atoms with Crippen LogP contribution in [0, 0.1) is 0 Å². The van der Waals surface area contributed by atoms with Crippen LogP contribution in [0.5, 0.6) is 0 Å². The summed E-state index contributed by atoms with van der Waals surface area (Å²) < 4.78 is 5.38. The van der Waals surface area contributed by atoms with Crippen molar-refractivity contribution >= 4 is 18.1 Å². The largest absolute Gasteiger partial charge is 0.465 e. The fourth-order valence-electron chi connectivity index (χ4n) is 4.38. The van der Waals surface area contributed by atoms with Crippen molar-refractivity contribution in [1.29, 1.82) is 0 Å². The summed E-state index contributed by atoms with van der Waals surface area (Å²) in [5, 5.41) is 12.6. The molecular weight excluding hydrogens is 410 g/mol. The molecule has 1 saturated heterocycles. The van der Waals surface area contributed by atoms with Crippen LogP contribution in [0.3, 0.4) is 0 Å². The number of nitrogens with one attached hydrogen (secondary N) is 1. The quantitative estimate of drug-likeness (QED) is 0.765. The Morgan fingerprint density at radius 3 is 2.56 bits per heavy atom. The number of benzene rings is 2. The summed E-state index contributed by atoms with van der Waals surface area (Å²) in [7, 11) is 0. The van der Waals surface area contributed by atoms with Crippen LogP contribution >= 0.6 is 0 Å². The number of ether oxygens (including phenoxy) is 1. The normalized spacial score (nSPS) is 20.2. The lowest BCUT2D eigenvalue weighted by Gasteiger charge is -2.39. The maximum absolute atomic E-state index is 13.1. The monoisotopic (exact) mass is 437 g/mol. The van der Waals surface area contributed by atoms with E-state index in [-0.39, 0.29) is 32.3 Å². The minimum absolute atomic E-state index is 0.0415. The molecule has 2 atom stereocenters. The zero-order valence-electron chi connectivity index (χ0n) is 17.8. The topological polar surface area (TPSA) is 99.2 Å². The maximum Gasteiger partial charge on any atom is 0.410 e. The highest BCUT2D eigenvalue weighted by Crippen LogP contribution is 2.29. The third kappa shape index (κ3) is 4.85. The molecule has 3 amide bonds. The molecule has 2 aliphatic rings. The number of amides is 3. The van der Waals surface area contributed by atoms with Crippen molar-refractivity contribution in [1.82, 2.24) is 15.1 Å². The highest BCUT2D eigenvalue weighted by atomic mass is 16.6. The third-order valence-electron chi connectivity index (χ3n) is 6.08. The second kappa shape index (κ2) is 9.72. The van der Waals surface area contributed by atoms with Crippen molar-refractivity contribution in [2.24, 2.45) is 0 Å². The highest BCUT2D eigenvalue weighted by Gasteiger charge is 2.38. The van der Waals surface area contributed by atoms with Gasteiger partial charge in [-0.3, -0.25) is 9.69 Å². The van der Waals surface area contributed by atoms with E-state index >= 15 is 0 Å². The second-order valence-electron chi connectivity index (χ2n) is 8.13. The summed E-state index contributed by atoms with van der Waals surface area (Å²) in [5.74, 6) is -0.394. The van der Waals surface area contributed by atoms with Gasteiger partial charge in [0.2, 0.25) is 5.91 Å². The predicted octanol–water partition coefficient (Wildman–Crippen LogP) is 3.18. The predicted molar refractivity (Wildman–Crippen MR) is 117 cm³/mol. The number of carbonyl (C=O) groups excluding carboxylic acids is 2. The van der Waals surface area contributed by atoms with Crippen LogP contribution in [0.1, 0.15) is 35.6 Å². The molecule has 0 radical (unpaired) electrons. The Morgan fingerprint density at radius 2 is 1.78 bits per heavy atom. The van der Waals surface area contributed by atoms with Gasteiger partial charge >= 0.3 is 12.2 Å². The lowest BCUT2D eigenvalue weighted by Crippen LogP contribution is -2.61. The Bertz CT molecular complexity index is 981. The van der Waals surface area contributed by atoms with Crippen molar-refractivity contribution in [3.8, 4) is 0 Å². The minimum atomic E-state index is -1.17. The molecule has 1 fully saturated rings. The zero-order valence-corrected chi connectivity index (χ0v) is 17.8. The molecule has 0 saturated carbocycles. The van der Waals surface area contributed by atoms with Crippen molar-refractivity contribution in [3.63, 3.8) is 0 Å². The molecule has 1 aliphatic carbocycles. The molecule has 8 nitrogen and oxygen atoms in total. The molecule has 2 aromatic rings. The lowest BCUT2D eigenvalue weighted by molar-refractivity contribution is -0.128. The van der Waals surface area contributed by atoms with E-state index in [4.69, 9.17) is 4.74 Å². The Hall–Kier alpha value is -3.55. The average molecular weight is 437 g/mol. The van der Waals surface area contributed by atoms with Gasteiger partial charge in [-0.05, 0) is 36.0 Å². The lowest BCUT2D eigenvalue weighted by atomic mass is 9.87. The Labute approximate surface area is 186 Å². The molecular formula is C24H27N3O5. The number of hydrogen-bond donors (Lipinski definition) is 2. The molecule has 1 heterocycles. The van der Waals surface area contributed by atoms with Gasteiger partial charge in [-0.1, -0.05) is 54.6 Å². The van der Waals surface area contributed by atoms with E-state index in [1.165, 1.54) is 10.5 Å². The van der Waals surface area contributed by atoms with E-state index in [1.807, 2.05) is 48.5 Å². The van der Waals surface area contributed by atoms with Crippen LogP contribution in [0.4, 0.5) is 9.59 Å². The van der Waals surface area contributed by atoms with Gasteiger partial charge in [0.15, 0.2) is 0 Å². The summed E-state index contributed by atoms with van der Waals surface area (Å²) >= 11 is 0. The van der Waals surface area contributed by atoms with Crippen molar-refractivity contribution in [2.45, 2.75) is 38.0 Å². The molecule has 0 bridgehead atoms. The van der Waals surface area contributed by atoms with Gasteiger partial charge in [0, 0.05) is 13.1 Å². The van der Waals surface area contributed by atoms with Gasteiger partial charge in [0.05, 0.1) is 12.6 Å². The van der Waals surface area contributed by atoms with Crippen molar-refractivity contribution < 1.29 is 24.2 Å². The molecule has 168 valence electrons. The van der Waals surface area contributed by atoms with Crippen molar-refractivity contribution in [2.75, 3.05) is 19.6 Å². The molecule has 0 aromatic heterocycles. The summed E-state index contributed by atoms with van der Waals surface area (Å²) in [6.07, 6.45) is 0.985. The number of carboxylic acid groups (broad SMARTS) is 1. The molecule has 2 aromatic carbocycles. The van der Waals surface area contributed by atoms with E-state index in [9.17, 15) is 19.5 Å². The summed E-state index contributed by atoms with van der Waals surface area (Å²) in [6, 6.07) is 16.1. The first-order valence-corrected chi connectivity index (χ1v) is 10.9. The first-order valence-electron chi connectivity index (χ1n) is 10.9. The van der Waals surface area contributed by atoms with Crippen LogP contribution in [-0.4, -0.2) is 58.7 Å². The number of carbonyl (C=O) groups is 3. The molecule has 1 aliphatic heterocycles. The summed E-state index contributed by atoms with van der Waals surface area (Å²) in [5.41, 5.74) is 3.13. The van der Waals surface area contributed by atoms with E-state index in [2.05, 4.69) is 11.4 Å². The van der Waals surface area contributed by atoms with Crippen LogP contribution in [0.15, 0.2) is 54.6 Å². The van der Waals surface area contributed by atoms with E-state index in [0.29, 0.717) is 0 Å². The first-order chi connectivity index (χ1) is 15.5. The van der Waals surface area contributed by atoms with Gasteiger partial charge in [-0.25, -0.2) is 9.59 Å². The second-order valence-corrected chi connectivity index (χ2v) is 8.13. The molecule has 2 N–H and O–H groups in total. The number of nitrogens with zero attached hydrogens (tertiary/aromatic N) is 2. The van der Waals surface area contributed by atoms with Gasteiger partial charge in [-0.2, -0.15) is 0 Å². The first kappa shape index (κ1) is 21.7. The summed E-state index contributed by atoms with van der Waals surface area (Å²) in [6.45, 7) is 0.305. The molecule has 0 unspecified atom stereocenters. The molecule has 0 spiro atoms. The Kier molecular flexibility index (Phi) is 6.58. The number of rotatable bonds is 4. The SMILES string of the molecule is O=C(N[C@@H]1CCCc2ccccc21)[C@@H]1CN(C(=O)OCc2ccccc2)CCN1C(=O)O. The molecule has 8 heteroatoms. The van der Waals surface area contributed by atoms with Gasteiger partial charge in [0.25, 0.3) is 0 Å². The number of aryl methyl sites for hydroxylation is 1. The zero-order chi connectivity index (χ0) is 22.5. The highest BCUT2D eigenvalue weighted by molar-refractivity contribution is 5.87. The maximum atomic E-state index is 13.1. The van der Waals surface area contributed by atoms with E-state index in [0.717, 1.165) is 35.3 Å². The molecule has 32 heavy (non-hydrogen) atoms. The number of hydrogen-bond acceptors (Lipinski definition) is 4. The average Bonchev–Trinajstić information content (AvgIpc) is 2.83. The standard InChI is InChI=1S/C24H27N3O5/c28-22(25-20-12-6-10-18-9-4-5-11-19(18)20)21-15-26(13-14-27(21)23(29)30)24(31)32-16-17-7-2-1-3-8-17/h1-5,7-9,11,20-21H,6,10,12-16H2,(H,25,28)(H,29,30)/t20-,21+/m1/s1. The molecule has 4 rings (SSSR count). The Balaban J connectivity index is 1.42. The smallest absolute Gasteiger partial charge is 0.410 e.